The number of nitrogens with zero attached hydrogens (tertiary/aromatic N) is 5. The van der Waals surface area contributed by atoms with Crippen molar-refractivity contribution in [3.8, 4) is 11.8 Å². The highest BCUT2D eigenvalue weighted by atomic mass is 35.5. The summed E-state index contributed by atoms with van der Waals surface area (Å²) in [4.78, 5) is 62.7. The zero-order valence-corrected chi connectivity index (χ0v) is 34.3. The second-order valence-electron chi connectivity index (χ2n) is 18.4. The number of imide groups is 1. The Morgan fingerprint density at radius 2 is 1.79 bits per heavy atom. The molecule has 298 valence electrons. The van der Waals surface area contributed by atoms with Gasteiger partial charge >= 0.3 is 0 Å². The zero-order chi connectivity index (χ0) is 40.5. The van der Waals surface area contributed by atoms with Gasteiger partial charge < -0.3 is 19.9 Å². The Morgan fingerprint density at radius 1 is 1.11 bits per heavy atom. The van der Waals surface area contributed by atoms with Gasteiger partial charge in [0.25, 0.3) is 5.91 Å². The first kappa shape index (κ1) is 39.9. The number of aromatic nitrogens is 1. The lowest BCUT2D eigenvalue weighted by Gasteiger charge is -2.65. The smallest absolute Gasteiger partial charge is 0.256 e. The number of ether oxygens (including phenoxy) is 1. The summed E-state index contributed by atoms with van der Waals surface area (Å²) in [5, 5.41) is 14.7. The van der Waals surface area contributed by atoms with Crippen LogP contribution in [0.25, 0.3) is 0 Å². The highest BCUT2D eigenvalue weighted by molar-refractivity contribution is 6.31. The van der Waals surface area contributed by atoms with Crippen molar-refractivity contribution < 1.29 is 23.9 Å². The van der Waals surface area contributed by atoms with Crippen LogP contribution in [0.3, 0.4) is 0 Å². The number of piperidine rings is 1. The predicted octanol–water partition coefficient (Wildman–Crippen LogP) is 4.74. The van der Waals surface area contributed by atoms with E-state index < -0.39 is 17.4 Å². The molecule has 7 rings (SSSR count). The van der Waals surface area contributed by atoms with Gasteiger partial charge in [-0.25, -0.2) is 0 Å². The van der Waals surface area contributed by atoms with Crippen molar-refractivity contribution in [3.63, 3.8) is 0 Å². The lowest BCUT2D eigenvalue weighted by Crippen LogP contribution is -2.74. The van der Waals surface area contributed by atoms with E-state index in [0.717, 1.165) is 50.5 Å². The minimum absolute atomic E-state index is 0.0120. The molecule has 0 bridgehead atoms. The van der Waals surface area contributed by atoms with E-state index in [-0.39, 0.29) is 53.2 Å². The van der Waals surface area contributed by atoms with E-state index in [4.69, 9.17) is 21.3 Å². The van der Waals surface area contributed by atoms with Gasteiger partial charge in [-0.05, 0) is 49.4 Å². The SMILES string of the molecule is C=C(C(=O)NC1CCC(=O)NC1=O)C(C)(C)[C@@H](C)N1CC2CN(CCc3ccc4c(n3)CN(C3C(C)(C)C(Oc5ccc(C#N)c(Cl)c5)C3(C)C)C4=O)CC2C1. The summed E-state index contributed by atoms with van der Waals surface area (Å²) in [6, 6.07) is 10.4. The molecule has 3 unspecified atom stereocenters. The average Bonchev–Trinajstić information content (AvgIpc) is 3.81. The van der Waals surface area contributed by atoms with E-state index in [2.05, 4.69) is 67.7 Å². The molecule has 4 aliphatic heterocycles. The zero-order valence-electron chi connectivity index (χ0n) is 33.6. The monoisotopic (exact) mass is 783 g/mol. The number of carbonyl (C=O) groups is 4. The first-order chi connectivity index (χ1) is 26.3. The Balaban J connectivity index is 0.905. The first-order valence-corrected chi connectivity index (χ1v) is 20.2. The first-order valence-electron chi connectivity index (χ1n) is 19.8. The molecule has 3 saturated heterocycles. The van der Waals surface area contributed by atoms with Crippen LogP contribution in [0, 0.1) is 39.4 Å². The lowest BCUT2D eigenvalue weighted by molar-refractivity contribution is -0.199. The van der Waals surface area contributed by atoms with Crippen molar-refractivity contribution >= 4 is 35.2 Å². The number of rotatable bonds is 11. The quantitative estimate of drug-likeness (QED) is 0.244. The normalized spacial score (nSPS) is 27.5. The largest absolute Gasteiger partial charge is 0.489 e. The highest BCUT2D eigenvalue weighted by Gasteiger charge is 2.67. The van der Waals surface area contributed by atoms with Crippen molar-refractivity contribution in [2.24, 2.45) is 28.1 Å². The van der Waals surface area contributed by atoms with Crippen molar-refractivity contribution in [1.29, 1.82) is 5.26 Å². The van der Waals surface area contributed by atoms with Crippen LogP contribution in [-0.2, 0) is 27.3 Å². The number of likely N-dealkylation sites (tertiary alicyclic amines) is 2. The van der Waals surface area contributed by atoms with Crippen LogP contribution >= 0.6 is 11.6 Å². The van der Waals surface area contributed by atoms with Crippen molar-refractivity contribution in [2.45, 2.75) is 98.5 Å². The molecule has 1 aromatic carbocycles. The van der Waals surface area contributed by atoms with Gasteiger partial charge in [-0.15, -0.1) is 0 Å². The number of halogens is 1. The molecule has 1 saturated carbocycles. The van der Waals surface area contributed by atoms with Gasteiger partial charge in [-0.2, -0.15) is 5.26 Å². The second kappa shape index (κ2) is 14.6. The molecule has 5 heterocycles. The molecule has 4 atom stereocenters. The summed E-state index contributed by atoms with van der Waals surface area (Å²) in [5.74, 6) is 0.562. The maximum absolute atomic E-state index is 13.8. The fraction of sp³-hybridized carbons (Fsp3) is 0.581. The number of nitrogens with one attached hydrogen (secondary N) is 2. The number of amides is 4. The Hall–Kier alpha value is -4.31. The van der Waals surface area contributed by atoms with Gasteiger partial charge in [-0.3, -0.25) is 34.4 Å². The topological polar surface area (TPSA) is 148 Å². The van der Waals surface area contributed by atoms with Crippen LogP contribution in [0.2, 0.25) is 5.02 Å². The second-order valence-corrected chi connectivity index (χ2v) is 18.8. The Morgan fingerprint density at radius 3 is 2.41 bits per heavy atom. The number of hydrogen-bond donors (Lipinski definition) is 2. The van der Waals surface area contributed by atoms with Crippen LogP contribution in [-0.4, -0.2) is 100 Å². The molecule has 5 aliphatic rings. The third-order valence-corrected chi connectivity index (χ3v) is 14.0. The van der Waals surface area contributed by atoms with Crippen molar-refractivity contribution in [2.75, 3.05) is 32.7 Å². The molecule has 13 heteroatoms. The Labute approximate surface area is 335 Å². The fourth-order valence-electron chi connectivity index (χ4n) is 10.6. The van der Waals surface area contributed by atoms with Crippen LogP contribution in [0.15, 0.2) is 42.5 Å². The van der Waals surface area contributed by atoms with Gasteiger partial charge in [0.15, 0.2) is 0 Å². The molecule has 56 heavy (non-hydrogen) atoms. The molecule has 2 aromatic rings. The summed E-state index contributed by atoms with van der Waals surface area (Å²) in [6.45, 7) is 24.2. The Bertz CT molecular complexity index is 1990. The minimum atomic E-state index is -0.728. The van der Waals surface area contributed by atoms with E-state index in [1.165, 1.54) is 0 Å². The average molecular weight is 784 g/mol. The van der Waals surface area contributed by atoms with Crippen molar-refractivity contribution in [1.82, 2.24) is 30.3 Å². The Kier molecular flexibility index (Phi) is 10.4. The highest BCUT2D eigenvalue weighted by Crippen LogP contribution is 2.59. The van der Waals surface area contributed by atoms with Crippen molar-refractivity contribution in [3.05, 3.63) is 70.0 Å². The molecule has 0 radical (unpaired) electrons. The number of hydrogen-bond acceptors (Lipinski definition) is 9. The van der Waals surface area contributed by atoms with E-state index >= 15 is 0 Å². The molecule has 12 nitrogen and oxygen atoms in total. The molecule has 1 aromatic heterocycles. The third-order valence-electron chi connectivity index (χ3n) is 13.7. The number of pyridine rings is 1. The number of fused-ring (bicyclic) bond motifs is 2. The van der Waals surface area contributed by atoms with Gasteiger partial charge in [0, 0.05) is 91.2 Å². The molecule has 4 amide bonds. The molecule has 4 fully saturated rings. The van der Waals surface area contributed by atoms with Gasteiger partial charge in [0.05, 0.1) is 28.4 Å². The molecular formula is C43H54ClN7O5. The summed E-state index contributed by atoms with van der Waals surface area (Å²) in [5.41, 5.74) is 2.12. The lowest BCUT2D eigenvalue weighted by atomic mass is 9.49. The van der Waals surface area contributed by atoms with E-state index in [1.54, 1.807) is 18.2 Å². The standard InChI is InChI=1S/C43H54ClN7O5/c1-24(36(53)47-33-13-14-35(52)48-37(33)54)41(3,4)25(2)50-21-27-19-49(20-28(27)22-50)16-15-29-10-12-31-34(46-29)23-51(38(31)55)39-42(5,6)40(43(39,7)8)56-30-11-9-26(18-45)32(44)17-30/h9-12,17,25,27-28,33,39-40H,1,13-16,19-23H2,2-8H3,(H,47,53)(H,48,52,54)/t25-,27?,28?,33?,39?,40?/m1/s1. The summed E-state index contributed by atoms with van der Waals surface area (Å²) in [6.07, 6.45) is 1.13. The van der Waals surface area contributed by atoms with Gasteiger partial charge in [0.1, 0.15) is 24.0 Å². The van der Waals surface area contributed by atoms with Crippen LogP contribution in [0.5, 0.6) is 5.75 Å². The summed E-state index contributed by atoms with van der Waals surface area (Å²) in [7, 11) is 0. The van der Waals surface area contributed by atoms with E-state index in [9.17, 15) is 24.4 Å². The minimum Gasteiger partial charge on any atom is -0.489 e. The number of nitriles is 1. The molecule has 1 aliphatic carbocycles. The molecule has 0 spiro atoms. The number of carbonyl (C=O) groups excluding carboxylic acids is 4. The van der Waals surface area contributed by atoms with Gasteiger partial charge in [-0.1, -0.05) is 59.7 Å². The molecular weight excluding hydrogens is 730 g/mol. The maximum Gasteiger partial charge on any atom is 0.256 e. The fourth-order valence-corrected chi connectivity index (χ4v) is 10.8. The predicted molar refractivity (Wildman–Crippen MR) is 211 cm³/mol. The van der Waals surface area contributed by atoms with Crippen LogP contribution in [0.1, 0.15) is 88.6 Å². The molecule has 2 N–H and O–H groups in total. The summed E-state index contributed by atoms with van der Waals surface area (Å²) >= 11 is 6.29. The maximum atomic E-state index is 13.8. The number of benzene rings is 1. The van der Waals surface area contributed by atoms with E-state index in [0.29, 0.717) is 52.3 Å². The summed E-state index contributed by atoms with van der Waals surface area (Å²) < 4.78 is 6.48. The third kappa shape index (κ3) is 7.00. The van der Waals surface area contributed by atoms with Gasteiger partial charge in [0.2, 0.25) is 17.7 Å². The van der Waals surface area contributed by atoms with Crippen LogP contribution in [0.4, 0.5) is 0 Å². The van der Waals surface area contributed by atoms with E-state index in [1.807, 2.05) is 30.9 Å². The van der Waals surface area contributed by atoms with Crippen LogP contribution < -0.4 is 15.4 Å².